The van der Waals surface area contributed by atoms with E-state index in [4.69, 9.17) is 0 Å². The molecular weight excluding hydrogens is 760 g/mol. The Bertz CT molecular complexity index is 1930. The van der Waals surface area contributed by atoms with E-state index >= 15 is 35.1 Å². The number of hydrogen-bond donors (Lipinski definition) is 0. The summed E-state index contributed by atoms with van der Waals surface area (Å²) in [7, 11) is -6.44. The minimum Gasteiger partial charge on any atom is -0.332 e. The first-order valence-electron chi connectivity index (χ1n) is 15.2. The van der Waals surface area contributed by atoms with Gasteiger partial charge in [0.05, 0.1) is 12.2 Å². The molecule has 0 nitrogen and oxygen atoms in total. The minimum atomic E-state index is -4.34. The van der Waals surface area contributed by atoms with Crippen LogP contribution < -0.4 is 21.5 Å². The Morgan fingerprint density at radius 3 is 0.959 bits per heavy atom. The van der Waals surface area contributed by atoms with E-state index in [1.54, 1.807) is 27.7 Å². The summed E-state index contributed by atoms with van der Waals surface area (Å²) in [5.41, 5.74) is 0.875. The molecular formula is C35H31BBrF10PSi. The molecule has 1 aliphatic rings. The maximum absolute atomic E-state index is 16.2. The van der Waals surface area contributed by atoms with Gasteiger partial charge in [-0.15, -0.1) is 10.9 Å². The van der Waals surface area contributed by atoms with Crippen LogP contribution in [0, 0.1) is 99.7 Å². The summed E-state index contributed by atoms with van der Waals surface area (Å²) in [6.07, 6.45) is 0. The van der Waals surface area contributed by atoms with Crippen molar-refractivity contribution < 1.29 is 43.9 Å². The van der Waals surface area contributed by atoms with E-state index in [-0.39, 0.29) is 5.21 Å². The van der Waals surface area contributed by atoms with Gasteiger partial charge < -0.3 is 15.8 Å². The quantitative estimate of drug-likeness (QED) is 0.0601. The van der Waals surface area contributed by atoms with E-state index in [0.717, 1.165) is 11.1 Å². The Hall–Kier alpha value is -2.89. The van der Waals surface area contributed by atoms with Crippen molar-refractivity contribution in [3.05, 3.63) is 126 Å². The fourth-order valence-electron chi connectivity index (χ4n) is 7.94. The molecule has 0 radical (unpaired) electrons. The molecule has 0 atom stereocenters. The molecule has 0 aromatic heterocycles. The average Bonchev–Trinajstić information content (AvgIpc) is 3.67. The van der Waals surface area contributed by atoms with Gasteiger partial charge in [0, 0.05) is 0 Å². The molecule has 49 heavy (non-hydrogen) atoms. The molecule has 0 aliphatic carbocycles. The van der Waals surface area contributed by atoms with Gasteiger partial charge in [0.25, 0.3) is 0 Å². The first kappa shape index (κ1) is 37.4. The van der Waals surface area contributed by atoms with Crippen LogP contribution >= 0.6 is 23.0 Å². The summed E-state index contributed by atoms with van der Waals surface area (Å²) < 4.78 is 154. The van der Waals surface area contributed by atoms with E-state index in [1.165, 1.54) is 0 Å². The van der Waals surface area contributed by atoms with Crippen LogP contribution in [0.25, 0.3) is 0 Å². The molecule has 14 heteroatoms. The Kier molecular flexibility index (Phi) is 9.24. The van der Waals surface area contributed by atoms with Crippen LogP contribution in [0.3, 0.4) is 0 Å². The van der Waals surface area contributed by atoms with Crippen LogP contribution in [0.15, 0.2) is 34.4 Å². The number of hydrogen-bond acceptors (Lipinski definition) is 0. The van der Waals surface area contributed by atoms with Gasteiger partial charge in [-0.2, -0.15) is 0 Å². The van der Waals surface area contributed by atoms with Gasteiger partial charge in [-0.05, 0) is 69.0 Å². The first-order chi connectivity index (χ1) is 22.5. The number of rotatable bonds is 6. The standard InChI is InChI=1S/C35H31BBrF10PSi/c1-14-10-16(3)32(17(4)11-14)48(33-18(5)12-15(2)13-19(33)6)34(35(48)49(7,8)9)36(37,20-22(38)26(42)30(46)27(43)23(20)39)21-24(40)28(44)31(47)29(45)25(21)41/h10-13H,1-9H3. The van der Waals surface area contributed by atoms with Crippen LogP contribution in [-0.2, 0) is 0 Å². The molecule has 0 spiro atoms. The first-order valence-corrected chi connectivity index (χ1v) is 21.4. The molecule has 0 saturated carbocycles. The maximum Gasteiger partial charge on any atom is 0.201 e. The van der Waals surface area contributed by atoms with Crippen molar-refractivity contribution in [3.8, 4) is 0 Å². The lowest BCUT2D eigenvalue weighted by Crippen LogP contribution is -2.60. The second-order valence-corrected chi connectivity index (χ2v) is 23.8. The average molecular weight is 791 g/mol. The summed E-state index contributed by atoms with van der Waals surface area (Å²) in [5.74, 6) is -24.7. The monoisotopic (exact) mass is 790 g/mol. The van der Waals surface area contributed by atoms with E-state index < -0.39 is 89.4 Å². The van der Waals surface area contributed by atoms with Gasteiger partial charge in [-0.1, -0.05) is 55.0 Å². The van der Waals surface area contributed by atoms with Crippen LogP contribution in [0.5, 0.6) is 0 Å². The molecule has 0 saturated heterocycles. The molecule has 260 valence electrons. The maximum atomic E-state index is 16.2. The molecule has 5 rings (SSSR count). The summed E-state index contributed by atoms with van der Waals surface area (Å²) >= 11 is 3.13. The van der Waals surface area contributed by atoms with Crippen molar-refractivity contribution in [2.24, 2.45) is 0 Å². The van der Waals surface area contributed by atoms with E-state index in [9.17, 15) is 8.78 Å². The topological polar surface area (TPSA) is 0 Å². The van der Waals surface area contributed by atoms with Crippen LogP contribution in [-0.4, -0.2) is 13.0 Å². The molecule has 4 aromatic carbocycles. The fourth-order valence-corrected chi connectivity index (χ4v) is 23.0. The highest BCUT2D eigenvalue weighted by molar-refractivity contribution is 9.27. The lowest BCUT2D eigenvalue weighted by Gasteiger charge is -2.37. The molecule has 0 unspecified atom stereocenters. The predicted octanol–water partition coefficient (Wildman–Crippen LogP) is 9.69. The second-order valence-electron chi connectivity index (χ2n) is 13.9. The zero-order valence-electron chi connectivity index (χ0n) is 28.0. The highest BCUT2D eigenvalue weighted by Crippen LogP contribution is 2.89. The second kappa shape index (κ2) is 12.1. The van der Waals surface area contributed by atoms with Gasteiger partial charge in [-0.25, -0.2) is 43.9 Å². The zero-order valence-corrected chi connectivity index (χ0v) is 31.5. The highest BCUT2D eigenvalue weighted by Gasteiger charge is 2.73. The third-order valence-electron chi connectivity index (χ3n) is 9.20. The van der Waals surface area contributed by atoms with E-state index in [2.05, 4.69) is 15.8 Å². The number of benzene rings is 4. The van der Waals surface area contributed by atoms with Gasteiger partial charge in [0.1, 0.15) is 42.0 Å². The Morgan fingerprint density at radius 1 is 0.469 bits per heavy atom. The summed E-state index contributed by atoms with van der Waals surface area (Å²) in [4.78, 5) is -3.86. The zero-order chi connectivity index (χ0) is 37.0. The van der Waals surface area contributed by atoms with E-state index in [0.29, 0.717) is 37.8 Å². The van der Waals surface area contributed by atoms with Gasteiger partial charge in [0.2, 0.25) is 4.97 Å². The van der Waals surface area contributed by atoms with Crippen molar-refractivity contribution in [2.75, 3.05) is 0 Å². The molecule has 0 N–H and O–H groups in total. The molecule has 0 amide bonds. The molecule has 0 bridgehead atoms. The van der Waals surface area contributed by atoms with Gasteiger partial charge >= 0.3 is 0 Å². The van der Waals surface area contributed by atoms with E-state index in [1.807, 2.05) is 57.8 Å². The van der Waals surface area contributed by atoms with Crippen LogP contribution in [0.4, 0.5) is 43.9 Å². The minimum absolute atomic E-state index is 0.122. The third-order valence-corrected chi connectivity index (χ3v) is 20.6. The molecule has 1 heterocycles. The lowest BCUT2D eigenvalue weighted by atomic mass is 9.39. The summed E-state index contributed by atoms with van der Waals surface area (Å²) in [6.45, 7) is 16.3. The predicted molar refractivity (Wildman–Crippen MR) is 184 cm³/mol. The van der Waals surface area contributed by atoms with Crippen molar-refractivity contribution >= 4 is 57.6 Å². The molecule has 0 fully saturated rings. The molecule has 4 aromatic rings. The smallest absolute Gasteiger partial charge is 0.201 e. The summed E-state index contributed by atoms with van der Waals surface area (Å²) in [5, 5.41) is 1.10. The van der Waals surface area contributed by atoms with Crippen molar-refractivity contribution in [1.82, 2.24) is 0 Å². The lowest BCUT2D eigenvalue weighted by molar-refractivity contribution is 0.382. The van der Waals surface area contributed by atoms with Crippen molar-refractivity contribution in [2.45, 2.75) is 61.2 Å². The van der Waals surface area contributed by atoms with Crippen molar-refractivity contribution in [1.29, 1.82) is 0 Å². The Balaban J connectivity index is 2.17. The Labute approximate surface area is 287 Å². The fraction of sp³-hybridized carbons (Fsp3) is 0.257. The number of aryl methyl sites for hydroxylation is 6. The normalized spacial score (nSPS) is 14.6. The Morgan fingerprint density at radius 2 is 0.714 bits per heavy atom. The summed E-state index contributed by atoms with van der Waals surface area (Å²) in [6, 6.07) is 7.34. The SMILES string of the molecule is Cc1cc(C)c([P+]2(c3c(C)cc(C)cc3C)C([B-](Br)(c3c(F)c(F)c(F)c(F)c3F)c3c(F)c(F)c(F)c(F)c3F)=C2[Si](C)(C)C)c(C)c1. The van der Waals surface area contributed by atoms with Gasteiger partial charge in [-0.3, -0.25) is 0 Å². The largest absolute Gasteiger partial charge is 0.332 e. The van der Waals surface area contributed by atoms with Crippen molar-refractivity contribution in [3.63, 3.8) is 0 Å². The molecule has 1 aliphatic heterocycles. The number of halogens is 11. The van der Waals surface area contributed by atoms with Gasteiger partial charge in [0.15, 0.2) is 34.9 Å². The third kappa shape index (κ3) is 5.19. The highest BCUT2D eigenvalue weighted by atomic mass is 79.9. The van der Waals surface area contributed by atoms with Crippen LogP contribution in [0.2, 0.25) is 19.6 Å². The van der Waals surface area contributed by atoms with Crippen LogP contribution in [0.1, 0.15) is 33.4 Å².